The van der Waals surface area contributed by atoms with E-state index in [9.17, 15) is 19.8 Å². The Morgan fingerprint density at radius 2 is 1.81 bits per heavy atom. The summed E-state index contributed by atoms with van der Waals surface area (Å²) < 4.78 is 11.5. The third kappa shape index (κ3) is 2.61. The van der Waals surface area contributed by atoms with Gasteiger partial charge in [-0.2, -0.15) is 0 Å². The van der Waals surface area contributed by atoms with Crippen LogP contribution in [0.25, 0.3) is 0 Å². The fourth-order valence-electron chi connectivity index (χ4n) is 3.41. The van der Waals surface area contributed by atoms with Crippen molar-refractivity contribution in [2.75, 3.05) is 6.54 Å². The van der Waals surface area contributed by atoms with E-state index >= 15 is 0 Å². The molecule has 2 heterocycles. The lowest BCUT2D eigenvalue weighted by Crippen LogP contribution is -2.53. The molecule has 2 aromatic rings. The molecule has 0 radical (unpaired) electrons. The number of morpholine rings is 1. The van der Waals surface area contributed by atoms with Crippen LogP contribution >= 0.6 is 0 Å². The molecule has 2 fully saturated rings. The first-order chi connectivity index (χ1) is 12.5. The van der Waals surface area contributed by atoms with Gasteiger partial charge in [-0.3, -0.25) is 4.79 Å². The summed E-state index contributed by atoms with van der Waals surface area (Å²) in [7, 11) is 0. The lowest BCUT2D eigenvalue weighted by Gasteiger charge is -2.38. The molecule has 1 amide bonds. The molecule has 26 heavy (non-hydrogen) atoms. The zero-order chi connectivity index (χ0) is 18.3. The Hall–Kier alpha value is -2.90. The van der Waals surface area contributed by atoms with E-state index in [-0.39, 0.29) is 18.8 Å². The maximum Gasteiger partial charge on any atom is 0.336 e. The lowest BCUT2D eigenvalue weighted by atomic mass is 10.0. The van der Waals surface area contributed by atoms with Gasteiger partial charge in [0.2, 0.25) is 5.79 Å². The number of carboxylic acids is 1. The van der Waals surface area contributed by atoms with E-state index < -0.39 is 29.9 Å². The van der Waals surface area contributed by atoms with Crippen LogP contribution in [-0.2, 0) is 31.4 Å². The summed E-state index contributed by atoms with van der Waals surface area (Å²) in [6.07, 6.45) is -2.61. The van der Waals surface area contributed by atoms with Gasteiger partial charge in [-0.15, -0.1) is 0 Å². The van der Waals surface area contributed by atoms with Gasteiger partial charge in [0.1, 0.15) is 5.75 Å². The highest BCUT2D eigenvalue weighted by Crippen LogP contribution is 2.43. The summed E-state index contributed by atoms with van der Waals surface area (Å²) in [5, 5.41) is 19.4. The first-order valence-corrected chi connectivity index (χ1v) is 8.20. The minimum Gasteiger partial charge on any atom is -0.508 e. The van der Waals surface area contributed by atoms with Crippen LogP contribution in [0.1, 0.15) is 11.1 Å². The molecular formula is C19H17NO6. The molecule has 4 rings (SSSR count). The zero-order valence-corrected chi connectivity index (χ0v) is 13.7. The van der Waals surface area contributed by atoms with Crippen molar-refractivity contribution in [2.24, 2.45) is 0 Å². The fourth-order valence-corrected chi connectivity index (χ4v) is 3.41. The molecule has 0 aliphatic carbocycles. The third-order valence-corrected chi connectivity index (χ3v) is 4.67. The molecule has 0 spiro atoms. The van der Waals surface area contributed by atoms with Gasteiger partial charge in [0.05, 0.1) is 6.54 Å². The van der Waals surface area contributed by atoms with Crippen molar-refractivity contribution in [1.82, 2.24) is 4.90 Å². The number of amides is 1. The normalized spacial score (nSPS) is 27.5. The van der Waals surface area contributed by atoms with Crippen molar-refractivity contribution in [2.45, 2.75) is 24.5 Å². The maximum atomic E-state index is 12.8. The number of hydrogen-bond donors (Lipinski definition) is 2. The lowest BCUT2D eigenvalue weighted by molar-refractivity contribution is -0.219. The van der Waals surface area contributed by atoms with Crippen molar-refractivity contribution < 1.29 is 29.3 Å². The second kappa shape index (κ2) is 6.12. The average Bonchev–Trinajstić information content (AvgIpc) is 2.99. The van der Waals surface area contributed by atoms with Crippen LogP contribution in [0.5, 0.6) is 5.75 Å². The summed E-state index contributed by atoms with van der Waals surface area (Å²) in [5.41, 5.74) is 1.21. The van der Waals surface area contributed by atoms with Gasteiger partial charge in [-0.05, 0) is 6.07 Å². The molecule has 2 N–H and O–H groups in total. The third-order valence-electron chi connectivity index (χ3n) is 4.67. The van der Waals surface area contributed by atoms with Gasteiger partial charge < -0.3 is 24.6 Å². The summed E-state index contributed by atoms with van der Waals surface area (Å²) >= 11 is 0. The SMILES string of the molecule is O=C(O)C1OC2(c3ccccc3)CN(Cc3ccccc3O)C(=O)C1O2. The van der Waals surface area contributed by atoms with Crippen molar-refractivity contribution >= 4 is 11.9 Å². The van der Waals surface area contributed by atoms with Crippen molar-refractivity contribution in [1.29, 1.82) is 0 Å². The molecule has 134 valence electrons. The number of fused-ring (bicyclic) bond motifs is 2. The number of aliphatic carboxylic acids is 1. The summed E-state index contributed by atoms with van der Waals surface area (Å²) in [5.74, 6) is -2.98. The predicted octanol–water partition coefficient (Wildman–Crippen LogP) is 1.46. The van der Waals surface area contributed by atoms with Crippen molar-refractivity contribution in [3.8, 4) is 5.75 Å². The number of nitrogens with zero attached hydrogens (tertiary/aromatic N) is 1. The Balaban J connectivity index is 1.71. The molecule has 0 aromatic heterocycles. The molecule has 0 saturated carbocycles. The van der Waals surface area contributed by atoms with Gasteiger partial charge in [0.25, 0.3) is 5.91 Å². The zero-order valence-electron chi connectivity index (χ0n) is 13.7. The first kappa shape index (κ1) is 16.6. The van der Waals surface area contributed by atoms with E-state index in [1.165, 1.54) is 4.90 Å². The van der Waals surface area contributed by atoms with Crippen LogP contribution < -0.4 is 0 Å². The van der Waals surface area contributed by atoms with Crippen LogP contribution in [0, 0.1) is 0 Å². The molecule has 3 unspecified atom stereocenters. The van der Waals surface area contributed by atoms with E-state index in [1.54, 1.807) is 48.5 Å². The number of benzene rings is 2. The van der Waals surface area contributed by atoms with Crippen LogP contribution in [0.15, 0.2) is 54.6 Å². The second-order valence-electron chi connectivity index (χ2n) is 6.36. The smallest absolute Gasteiger partial charge is 0.336 e. The van der Waals surface area contributed by atoms with E-state index in [4.69, 9.17) is 9.47 Å². The molecule has 2 bridgehead atoms. The van der Waals surface area contributed by atoms with Gasteiger partial charge in [-0.1, -0.05) is 48.5 Å². The monoisotopic (exact) mass is 355 g/mol. The number of phenols is 1. The Kier molecular flexibility index (Phi) is 3.90. The Morgan fingerprint density at radius 3 is 2.50 bits per heavy atom. The average molecular weight is 355 g/mol. The molecule has 3 atom stereocenters. The van der Waals surface area contributed by atoms with Gasteiger partial charge in [-0.25, -0.2) is 4.79 Å². The highest BCUT2D eigenvalue weighted by molar-refractivity contribution is 5.89. The number of aromatic hydroxyl groups is 1. The van der Waals surface area contributed by atoms with Crippen molar-refractivity contribution in [3.63, 3.8) is 0 Å². The number of carboxylic acid groups (broad SMARTS) is 1. The number of carbonyl (C=O) groups excluding carboxylic acids is 1. The summed E-state index contributed by atoms with van der Waals surface area (Å²) in [6, 6.07) is 15.7. The summed E-state index contributed by atoms with van der Waals surface area (Å²) in [6.45, 7) is 0.167. The van der Waals surface area contributed by atoms with E-state index in [0.29, 0.717) is 11.1 Å². The maximum absolute atomic E-state index is 12.8. The number of rotatable bonds is 4. The molecule has 7 heteroatoms. The fraction of sp³-hybridized carbons (Fsp3) is 0.263. The highest BCUT2D eigenvalue weighted by atomic mass is 16.8. The highest BCUT2D eigenvalue weighted by Gasteiger charge is 2.60. The molecule has 2 aromatic carbocycles. The van der Waals surface area contributed by atoms with Gasteiger partial charge in [0.15, 0.2) is 12.2 Å². The largest absolute Gasteiger partial charge is 0.508 e. The van der Waals surface area contributed by atoms with Crippen LogP contribution in [0.4, 0.5) is 0 Å². The van der Waals surface area contributed by atoms with E-state index in [1.807, 2.05) is 6.07 Å². The Bertz CT molecular complexity index is 854. The molecule has 2 aliphatic heterocycles. The van der Waals surface area contributed by atoms with E-state index in [0.717, 1.165) is 0 Å². The molecule has 2 aliphatic rings. The van der Waals surface area contributed by atoms with E-state index in [2.05, 4.69) is 0 Å². The minimum atomic E-state index is -1.38. The predicted molar refractivity (Wildman–Crippen MR) is 89.0 cm³/mol. The van der Waals surface area contributed by atoms with Crippen LogP contribution in [0.3, 0.4) is 0 Å². The number of carbonyl (C=O) groups is 2. The van der Waals surface area contributed by atoms with Gasteiger partial charge >= 0.3 is 5.97 Å². The second-order valence-corrected chi connectivity index (χ2v) is 6.36. The standard InChI is InChI=1S/C19H17NO6/c21-14-9-5-4-6-12(14)10-20-11-19(13-7-2-1-3-8-13)25-15(17(20)22)16(26-19)18(23)24/h1-9,15-16,21H,10-11H2,(H,23,24). The molecular weight excluding hydrogens is 338 g/mol. The number of phenolic OH excluding ortho intramolecular Hbond substituents is 1. The van der Waals surface area contributed by atoms with Crippen LogP contribution in [-0.4, -0.2) is 45.7 Å². The Labute approximate surface area is 149 Å². The number of hydrogen-bond acceptors (Lipinski definition) is 5. The first-order valence-electron chi connectivity index (χ1n) is 8.20. The molecule has 7 nitrogen and oxygen atoms in total. The Morgan fingerprint density at radius 1 is 1.12 bits per heavy atom. The topological polar surface area (TPSA) is 96.3 Å². The van der Waals surface area contributed by atoms with Crippen LogP contribution in [0.2, 0.25) is 0 Å². The minimum absolute atomic E-state index is 0.0322. The summed E-state index contributed by atoms with van der Waals surface area (Å²) in [4.78, 5) is 25.8. The van der Waals surface area contributed by atoms with Gasteiger partial charge in [0, 0.05) is 17.7 Å². The van der Waals surface area contributed by atoms with Crippen molar-refractivity contribution in [3.05, 3.63) is 65.7 Å². The number of para-hydroxylation sites is 1. The molecule has 2 saturated heterocycles. The number of ether oxygens (including phenoxy) is 2. The quantitative estimate of drug-likeness (QED) is 0.862.